The number of hydrogen-bond acceptors (Lipinski definition) is 4. The van der Waals surface area contributed by atoms with Gasteiger partial charge in [-0.15, -0.1) is 0 Å². The lowest BCUT2D eigenvalue weighted by Crippen LogP contribution is -2.16. The highest BCUT2D eigenvalue weighted by atomic mass is 15.3. The molecule has 4 heteroatoms. The van der Waals surface area contributed by atoms with Crippen molar-refractivity contribution in [2.24, 2.45) is 20.4 Å². The van der Waals surface area contributed by atoms with Crippen molar-refractivity contribution >= 4 is 22.8 Å². The fourth-order valence-corrected chi connectivity index (χ4v) is 2.60. The lowest BCUT2D eigenvalue weighted by Gasteiger charge is -2.02. The Bertz CT molecular complexity index is 743. The van der Waals surface area contributed by atoms with Gasteiger partial charge in [-0.25, -0.2) is 0 Å². The molecule has 0 N–H and O–H groups in total. The van der Waals surface area contributed by atoms with Gasteiger partial charge in [0, 0.05) is 12.8 Å². The zero-order chi connectivity index (χ0) is 14.8. The Morgan fingerprint density at radius 3 is 1.23 bits per heavy atom. The lowest BCUT2D eigenvalue weighted by molar-refractivity contribution is 1.26. The van der Waals surface area contributed by atoms with Crippen LogP contribution < -0.4 is 0 Å². The molecule has 0 aromatic heterocycles. The van der Waals surface area contributed by atoms with E-state index >= 15 is 0 Å². The summed E-state index contributed by atoms with van der Waals surface area (Å²) < 4.78 is 0. The quantitative estimate of drug-likeness (QED) is 0.829. The van der Waals surface area contributed by atoms with E-state index in [9.17, 15) is 0 Å². The topological polar surface area (TPSA) is 49.4 Å². The summed E-state index contributed by atoms with van der Waals surface area (Å²) in [7, 11) is 0. The van der Waals surface area contributed by atoms with Crippen LogP contribution in [0.25, 0.3) is 0 Å². The molecular weight excluding hydrogens is 272 g/mol. The van der Waals surface area contributed by atoms with Gasteiger partial charge < -0.3 is 0 Å². The van der Waals surface area contributed by atoms with Crippen molar-refractivity contribution in [2.45, 2.75) is 12.8 Å². The van der Waals surface area contributed by atoms with Gasteiger partial charge >= 0.3 is 0 Å². The van der Waals surface area contributed by atoms with Crippen LogP contribution in [0.3, 0.4) is 0 Å². The summed E-state index contributed by atoms with van der Waals surface area (Å²) in [6, 6.07) is 20.3. The maximum Gasteiger partial charge on any atom is 0.0928 e. The third kappa shape index (κ3) is 2.39. The van der Waals surface area contributed by atoms with Gasteiger partial charge in [0.2, 0.25) is 0 Å². The molecule has 4 nitrogen and oxygen atoms in total. The molecule has 0 aliphatic carbocycles. The fourth-order valence-electron chi connectivity index (χ4n) is 2.60. The normalized spacial score (nSPS) is 16.9. The molecule has 106 valence electrons. The molecule has 2 aliphatic heterocycles. The van der Waals surface area contributed by atoms with Crippen LogP contribution in [0.5, 0.6) is 0 Å². The van der Waals surface area contributed by atoms with Crippen LogP contribution in [0.2, 0.25) is 0 Å². The Balaban J connectivity index is 1.45. The van der Waals surface area contributed by atoms with Gasteiger partial charge in [-0.3, -0.25) is 0 Å². The zero-order valence-corrected chi connectivity index (χ0v) is 12.0. The van der Waals surface area contributed by atoms with E-state index in [0.29, 0.717) is 0 Å². The molecule has 2 aliphatic rings. The Morgan fingerprint density at radius 1 is 0.455 bits per heavy atom. The van der Waals surface area contributed by atoms with E-state index in [2.05, 4.69) is 44.7 Å². The van der Waals surface area contributed by atoms with Gasteiger partial charge in [-0.2, -0.15) is 20.4 Å². The van der Waals surface area contributed by atoms with Crippen LogP contribution >= 0.6 is 0 Å². The van der Waals surface area contributed by atoms with E-state index < -0.39 is 0 Å². The Morgan fingerprint density at radius 2 is 0.818 bits per heavy atom. The summed E-state index contributed by atoms with van der Waals surface area (Å²) in [4.78, 5) is 0. The smallest absolute Gasteiger partial charge is 0.0928 e. The summed E-state index contributed by atoms with van der Waals surface area (Å²) in [5, 5.41) is 17.2. The van der Waals surface area contributed by atoms with Crippen LogP contribution in [0, 0.1) is 0 Å². The summed E-state index contributed by atoms with van der Waals surface area (Å²) in [5.74, 6) is 0. The molecule has 0 saturated carbocycles. The highest BCUT2D eigenvalue weighted by Crippen LogP contribution is 2.18. The largest absolute Gasteiger partial charge is 0.154 e. The molecule has 0 amide bonds. The van der Waals surface area contributed by atoms with Crippen LogP contribution in [0.15, 0.2) is 81.1 Å². The van der Waals surface area contributed by atoms with Gasteiger partial charge in [0.1, 0.15) is 0 Å². The second-order valence-corrected chi connectivity index (χ2v) is 5.27. The molecule has 2 aromatic carbocycles. The Hall–Kier alpha value is -2.88. The van der Waals surface area contributed by atoms with Crippen molar-refractivity contribution in [1.29, 1.82) is 0 Å². The third-order valence-corrected chi connectivity index (χ3v) is 3.80. The maximum absolute atomic E-state index is 4.30. The van der Waals surface area contributed by atoms with Crippen molar-refractivity contribution in [1.82, 2.24) is 0 Å². The molecule has 0 spiro atoms. The van der Waals surface area contributed by atoms with E-state index in [4.69, 9.17) is 0 Å². The molecule has 0 saturated heterocycles. The van der Waals surface area contributed by atoms with Crippen molar-refractivity contribution in [3.8, 4) is 0 Å². The van der Waals surface area contributed by atoms with Gasteiger partial charge in [-0.05, 0) is 11.1 Å². The Kier molecular flexibility index (Phi) is 3.20. The molecule has 22 heavy (non-hydrogen) atoms. The first-order valence-corrected chi connectivity index (χ1v) is 7.28. The first kappa shape index (κ1) is 12.8. The van der Waals surface area contributed by atoms with Gasteiger partial charge in [0.15, 0.2) is 0 Å². The summed E-state index contributed by atoms with van der Waals surface area (Å²) in [6.45, 7) is 0. The zero-order valence-electron chi connectivity index (χ0n) is 12.0. The molecule has 4 rings (SSSR count). The number of nitrogens with zero attached hydrogens (tertiary/aromatic N) is 4. The minimum absolute atomic E-state index is 0.723. The molecule has 2 aromatic rings. The van der Waals surface area contributed by atoms with Gasteiger partial charge in [-0.1, -0.05) is 60.7 Å². The average Bonchev–Trinajstić information content (AvgIpc) is 3.26. The number of hydrogen-bond donors (Lipinski definition) is 0. The second kappa shape index (κ2) is 5.48. The SMILES string of the molecule is c1ccc(C2=NN=C(C3=NN=C(c4ccccc4)C3)C2)cc1. The molecule has 0 radical (unpaired) electrons. The van der Waals surface area contributed by atoms with Crippen molar-refractivity contribution < 1.29 is 0 Å². The first-order valence-electron chi connectivity index (χ1n) is 7.28. The summed E-state index contributed by atoms with van der Waals surface area (Å²) in [5.41, 5.74) is 6.06. The Labute approximate surface area is 128 Å². The van der Waals surface area contributed by atoms with Crippen LogP contribution in [-0.2, 0) is 0 Å². The van der Waals surface area contributed by atoms with E-state index in [1.54, 1.807) is 0 Å². The predicted molar refractivity (Wildman–Crippen MR) is 90.1 cm³/mol. The minimum Gasteiger partial charge on any atom is -0.154 e. The van der Waals surface area contributed by atoms with Crippen LogP contribution in [0.1, 0.15) is 24.0 Å². The third-order valence-electron chi connectivity index (χ3n) is 3.80. The number of benzene rings is 2. The standard InChI is InChI=1S/C18H14N4/c1-3-7-13(8-4-1)15-11-17(21-19-15)18-12-16(20-22-18)14-9-5-2-6-10-14/h1-10H,11-12H2. The van der Waals surface area contributed by atoms with Gasteiger partial charge in [0.05, 0.1) is 22.8 Å². The van der Waals surface area contributed by atoms with E-state index in [-0.39, 0.29) is 0 Å². The highest BCUT2D eigenvalue weighted by Gasteiger charge is 2.23. The molecular formula is C18H14N4. The number of rotatable bonds is 3. The molecule has 2 heterocycles. The molecule has 0 bridgehead atoms. The summed E-state index contributed by atoms with van der Waals surface area (Å²) >= 11 is 0. The van der Waals surface area contributed by atoms with Gasteiger partial charge in [0.25, 0.3) is 0 Å². The fraction of sp³-hybridized carbons (Fsp3) is 0.111. The monoisotopic (exact) mass is 286 g/mol. The van der Waals surface area contributed by atoms with Crippen LogP contribution in [-0.4, -0.2) is 22.8 Å². The maximum atomic E-state index is 4.30. The molecule has 0 fully saturated rings. The highest BCUT2D eigenvalue weighted by molar-refractivity contribution is 6.50. The average molecular weight is 286 g/mol. The first-order chi connectivity index (χ1) is 10.9. The van der Waals surface area contributed by atoms with Crippen molar-refractivity contribution in [3.05, 3.63) is 71.8 Å². The summed E-state index contributed by atoms with van der Waals surface area (Å²) in [6.07, 6.45) is 1.45. The van der Waals surface area contributed by atoms with E-state index in [0.717, 1.165) is 46.8 Å². The van der Waals surface area contributed by atoms with Crippen LogP contribution in [0.4, 0.5) is 0 Å². The van der Waals surface area contributed by atoms with E-state index in [1.165, 1.54) is 0 Å². The second-order valence-electron chi connectivity index (χ2n) is 5.27. The predicted octanol–water partition coefficient (Wildman–Crippen LogP) is 3.48. The lowest BCUT2D eigenvalue weighted by atomic mass is 9.99. The van der Waals surface area contributed by atoms with E-state index in [1.807, 2.05) is 36.4 Å². The molecule has 0 unspecified atom stereocenters. The minimum atomic E-state index is 0.723. The molecule has 0 atom stereocenters. The van der Waals surface area contributed by atoms with Crippen molar-refractivity contribution in [3.63, 3.8) is 0 Å². The van der Waals surface area contributed by atoms with Crippen molar-refractivity contribution in [2.75, 3.05) is 0 Å².